The van der Waals surface area contributed by atoms with Gasteiger partial charge < -0.3 is 14.8 Å². The summed E-state index contributed by atoms with van der Waals surface area (Å²) in [5, 5.41) is 3.49. The molecule has 1 aliphatic heterocycles. The van der Waals surface area contributed by atoms with Gasteiger partial charge in [0.25, 0.3) is 0 Å². The van der Waals surface area contributed by atoms with Crippen LogP contribution in [0.5, 0.6) is 0 Å². The van der Waals surface area contributed by atoms with Crippen LogP contribution in [-0.2, 0) is 9.47 Å². The van der Waals surface area contributed by atoms with E-state index in [2.05, 4.69) is 31.0 Å². The van der Waals surface area contributed by atoms with E-state index in [1.54, 1.807) is 0 Å². The maximum absolute atomic E-state index is 5.81. The van der Waals surface area contributed by atoms with E-state index >= 15 is 0 Å². The lowest BCUT2D eigenvalue weighted by molar-refractivity contribution is -0.0349. The monoisotopic (exact) mass is 302 g/mol. The number of hydrogen-bond acceptors (Lipinski definition) is 4. The molecule has 0 aromatic rings. The van der Waals surface area contributed by atoms with E-state index in [1.165, 1.54) is 25.7 Å². The molecule has 1 saturated heterocycles. The predicted molar refractivity (Wildman–Crippen MR) is 91.0 cm³/mol. The Kier molecular flexibility index (Phi) is 11.1. The minimum absolute atomic E-state index is 0. The van der Waals surface area contributed by atoms with Crippen molar-refractivity contribution in [1.29, 1.82) is 0 Å². The van der Waals surface area contributed by atoms with Crippen LogP contribution in [0.25, 0.3) is 0 Å². The molecule has 0 spiro atoms. The Morgan fingerprint density at radius 3 is 2.95 bits per heavy atom. The first kappa shape index (κ1) is 18.9. The molecule has 1 unspecified atom stereocenters. The number of nitrogens with zero attached hydrogens (tertiary/aromatic N) is 1. The van der Waals surface area contributed by atoms with Crippen LogP contribution in [0.3, 0.4) is 0 Å². The summed E-state index contributed by atoms with van der Waals surface area (Å²) >= 11 is 0. The molecule has 1 fully saturated rings. The highest BCUT2D eigenvalue weighted by Gasteiger charge is 2.19. The zero-order valence-electron chi connectivity index (χ0n) is 14.4. The van der Waals surface area contributed by atoms with Gasteiger partial charge in [0.2, 0.25) is 0 Å². The van der Waals surface area contributed by atoms with Crippen LogP contribution in [0.4, 0.5) is 0 Å². The van der Waals surface area contributed by atoms with E-state index in [1.807, 2.05) is 0 Å². The number of ether oxygens (including phenoxy) is 2. The molecule has 128 valence electrons. The van der Waals surface area contributed by atoms with Crippen molar-refractivity contribution >= 4 is 0 Å². The fraction of sp³-hybridized carbons (Fsp3) is 1.00. The minimum Gasteiger partial charge on any atom is -0.380 e. The van der Waals surface area contributed by atoms with E-state index in [-0.39, 0.29) is 1.43 Å². The molecular weight excluding hydrogens is 264 g/mol. The third kappa shape index (κ3) is 10.2. The third-order valence-corrected chi connectivity index (χ3v) is 3.92. The molecule has 1 atom stereocenters. The van der Waals surface area contributed by atoms with Crippen molar-refractivity contribution in [3.8, 4) is 0 Å². The number of morpholine rings is 1. The van der Waals surface area contributed by atoms with Crippen molar-refractivity contribution in [1.82, 2.24) is 10.2 Å². The first-order chi connectivity index (χ1) is 10.2. The average Bonchev–Trinajstić information content (AvgIpc) is 2.47. The molecule has 4 heteroatoms. The minimum atomic E-state index is 0. The molecule has 0 amide bonds. The Hall–Kier alpha value is -0.160. The first-order valence-electron chi connectivity index (χ1n) is 8.84. The van der Waals surface area contributed by atoms with Gasteiger partial charge in [0.05, 0.1) is 19.3 Å². The van der Waals surface area contributed by atoms with E-state index in [9.17, 15) is 0 Å². The van der Waals surface area contributed by atoms with Gasteiger partial charge in [-0.2, -0.15) is 0 Å². The van der Waals surface area contributed by atoms with Gasteiger partial charge in [0.1, 0.15) is 0 Å². The lowest BCUT2D eigenvalue weighted by Crippen LogP contribution is -2.47. The molecule has 1 aliphatic rings. The SMILES string of the molecule is CCCCNCC1CN(CCOCCCC(C)C)CCO1.[HH]. The molecule has 21 heavy (non-hydrogen) atoms. The van der Waals surface area contributed by atoms with E-state index in [0.29, 0.717) is 6.10 Å². The summed E-state index contributed by atoms with van der Waals surface area (Å²) in [5.74, 6) is 0.786. The van der Waals surface area contributed by atoms with Crippen molar-refractivity contribution in [2.75, 3.05) is 52.5 Å². The second kappa shape index (κ2) is 12.4. The lowest BCUT2D eigenvalue weighted by Gasteiger charge is -2.33. The summed E-state index contributed by atoms with van der Waals surface area (Å²) in [7, 11) is 0. The summed E-state index contributed by atoms with van der Waals surface area (Å²) in [6.45, 7) is 14.6. The van der Waals surface area contributed by atoms with Crippen molar-refractivity contribution in [3.63, 3.8) is 0 Å². The average molecular weight is 303 g/mol. The largest absolute Gasteiger partial charge is 0.380 e. The predicted octanol–water partition coefficient (Wildman–Crippen LogP) is 2.78. The van der Waals surface area contributed by atoms with Crippen LogP contribution >= 0.6 is 0 Å². The topological polar surface area (TPSA) is 33.7 Å². The molecule has 4 nitrogen and oxygen atoms in total. The van der Waals surface area contributed by atoms with E-state index in [0.717, 1.165) is 58.5 Å². The van der Waals surface area contributed by atoms with Gasteiger partial charge in [-0.1, -0.05) is 27.2 Å². The van der Waals surface area contributed by atoms with E-state index < -0.39 is 0 Å². The Labute approximate surface area is 133 Å². The molecular formula is C17H38N2O2. The van der Waals surface area contributed by atoms with Gasteiger partial charge in [-0.05, 0) is 31.7 Å². The van der Waals surface area contributed by atoms with Gasteiger partial charge in [-0.3, -0.25) is 4.90 Å². The molecule has 1 rings (SSSR count). The smallest absolute Gasteiger partial charge is 0.0826 e. The van der Waals surface area contributed by atoms with Crippen LogP contribution in [0.2, 0.25) is 0 Å². The fourth-order valence-electron chi connectivity index (χ4n) is 2.56. The number of nitrogens with one attached hydrogen (secondary N) is 1. The van der Waals surface area contributed by atoms with Crippen LogP contribution in [0, 0.1) is 5.92 Å². The van der Waals surface area contributed by atoms with Gasteiger partial charge >= 0.3 is 0 Å². The van der Waals surface area contributed by atoms with Gasteiger partial charge in [0, 0.05) is 34.2 Å². The molecule has 1 heterocycles. The van der Waals surface area contributed by atoms with Gasteiger partial charge in [-0.15, -0.1) is 0 Å². The summed E-state index contributed by atoms with van der Waals surface area (Å²) < 4.78 is 11.6. The Morgan fingerprint density at radius 1 is 1.33 bits per heavy atom. The zero-order valence-corrected chi connectivity index (χ0v) is 14.4. The summed E-state index contributed by atoms with van der Waals surface area (Å²) in [6, 6.07) is 0. The molecule has 0 radical (unpaired) electrons. The third-order valence-electron chi connectivity index (χ3n) is 3.92. The molecule has 0 aromatic heterocycles. The van der Waals surface area contributed by atoms with Crippen LogP contribution in [0.1, 0.15) is 47.9 Å². The van der Waals surface area contributed by atoms with Gasteiger partial charge in [-0.25, -0.2) is 0 Å². The van der Waals surface area contributed by atoms with Gasteiger partial charge in [0.15, 0.2) is 0 Å². The molecule has 0 saturated carbocycles. The number of unbranched alkanes of at least 4 members (excludes halogenated alkanes) is 1. The second-order valence-corrected chi connectivity index (χ2v) is 6.50. The van der Waals surface area contributed by atoms with Crippen molar-refractivity contribution in [3.05, 3.63) is 0 Å². The molecule has 0 aliphatic carbocycles. The zero-order chi connectivity index (χ0) is 15.3. The highest BCUT2D eigenvalue weighted by atomic mass is 16.5. The second-order valence-electron chi connectivity index (χ2n) is 6.50. The lowest BCUT2D eigenvalue weighted by atomic mass is 10.1. The Bertz CT molecular complexity index is 243. The number of rotatable bonds is 12. The van der Waals surface area contributed by atoms with Crippen molar-refractivity contribution in [2.24, 2.45) is 5.92 Å². The maximum Gasteiger partial charge on any atom is 0.0826 e. The number of hydrogen-bond donors (Lipinski definition) is 1. The van der Waals surface area contributed by atoms with Crippen molar-refractivity contribution in [2.45, 2.75) is 52.6 Å². The Balaban J connectivity index is 0.00000441. The fourth-order valence-corrected chi connectivity index (χ4v) is 2.56. The molecule has 0 aromatic carbocycles. The molecule has 0 bridgehead atoms. The normalized spacial score (nSPS) is 20.3. The Morgan fingerprint density at radius 2 is 2.19 bits per heavy atom. The van der Waals surface area contributed by atoms with Crippen LogP contribution < -0.4 is 5.32 Å². The summed E-state index contributed by atoms with van der Waals surface area (Å²) in [6.07, 6.45) is 5.30. The highest BCUT2D eigenvalue weighted by Crippen LogP contribution is 2.05. The quantitative estimate of drug-likeness (QED) is 0.562. The summed E-state index contributed by atoms with van der Waals surface area (Å²) in [4.78, 5) is 2.47. The maximum atomic E-state index is 5.81. The van der Waals surface area contributed by atoms with Crippen LogP contribution in [-0.4, -0.2) is 63.5 Å². The van der Waals surface area contributed by atoms with E-state index in [4.69, 9.17) is 9.47 Å². The summed E-state index contributed by atoms with van der Waals surface area (Å²) in [5.41, 5.74) is 0. The van der Waals surface area contributed by atoms with Crippen LogP contribution in [0.15, 0.2) is 0 Å². The standard InChI is InChI=1S/C17H36N2O2.H2/c1-4-5-8-18-14-17-15-19(10-13-21-17)9-12-20-11-6-7-16(2)3;/h16-18H,4-15H2,1-3H3;1H. The molecule has 1 N–H and O–H groups in total. The van der Waals surface area contributed by atoms with Crippen molar-refractivity contribution < 1.29 is 10.9 Å². The highest BCUT2D eigenvalue weighted by molar-refractivity contribution is 4.73. The first-order valence-corrected chi connectivity index (χ1v) is 8.84.